The highest BCUT2D eigenvalue weighted by molar-refractivity contribution is 6.22. The lowest BCUT2D eigenvalue weighted by Gasteiger charge is -2.38. The summed E-state index contributed by atoms with van der Waals surface area (Å²) in [4.78, 5) is 23.6. The Morgan fingerprint density at radius 3 is 2.56 bits per heavy atom. The summed E-state index contributed by atoms with van der Waals surface area (Å²) in [5, 5.41) is 8.51. The number of halogens is 2. The zero-order valence-electron chi connectivity index (χ0n) is 18.7. The molecule has 0 radical (unpaired) electrons. The van der Waals surface area contributed by atoms with Crippen LogP contribution in [0.15, 0.2) is 66.1 Å². The number of amides is 1. The standard InChI is InChI=1S/C25H23F2N5O2/c1-14(28)24-20(29)10-22(32(25(24)33)13-15-3-5-16(26)6-4-15)18-8-7-17(27)9-19(18)21-11-30-12-23(31-21)34-2/h3-9,11-12,22,29H,10,13,28H2,1-2H3/b24-14+,29-20?/t22-/m1/s1. The molecule has 174 valence electrons. The van der Waals surface area contributed by atoms with Crippen LogP contribution in [0, 0.1) is 17.0 Å². The lowest BCUT2D eigenvalue weighted by molar-refractivity contribution is -0.130. The molecular formula is C25H23F2N5O2. The van der Waals surface area contributed by atoms with Gasteiger partial charge in [-0.15, -0.1) is 0 Å². The maximum atomic E-state index is 14.3. The number of allylic oxidation sites excluding steroid dienone is 1. The molecule has 7 nitrogen and oxygen atoms in total. The van der Waals surface area contributed by atoms with Crippen molar-refractivity contribution in [2.75, 3.05) is 7.11 Å². The highest BCUT2D eigenvalue weighted by Crippen LogP contribution is 2.39. The van der Waals surface area contributed by atoms with Crippen LogP contribution in [0.2, 0.25) is 0 Å². The zero-order chi connectivity index (χ0) is 24.4. The van der Waals surface area contributed by atoms with E-state index >= 15 is 0 Å². The Morgan fingerprint density at radius 1 is 1.18 bits per heavy atom. The number of nitrogens with one attached hydrogen (secondary N) is 1. The van der Waals surface area contributed by atoms with Crippen LogP contribution in [-0.4, -0.2) is 33.6 Å². The van der Waals surface area contributed by atoms with Crippen molar-refractivity contribution < 1.29 is 18.3 Å². The van der Waals surface area contributed by atoms with Gasteiger partial charge in [0.25, 0.3) is 5.91 Å². The molecule has 0 saturated carbocycles. The minimum Gasteiger partial charge on any atom is -0.480 e. The number of nitrogens with zero attached hydrogens (tertiary/aromatic N) is 3. The molecular weight excluding hydrogens is 440 g/mol. The van der Waals surface area contributed by atoms with Crippen LogP contribution in [-0.2, 0) is 11.3 Å². The van der Waals surface area contributed by atoms with Gasteiger partial charge < -0.3 is 20.8 Å². The number of carbonyl (C=O) groups excluding carboxylic acids is 1. The lowest BCUT2D eigenvalue weighted by atomic mass is 9.86. The van der Waals surface area contributed by atoms with Gasteiger partial charge in [-0.2, -0.15) is 0 Å². The smallest absolute Gasteiger partial charge is 0.258 e. The van der Waals surface area contributed by atoms with E-state index in [2.05, 4.69) is 9.97 Å². The Kier molecular flexibility index (Phi) is 6.36. The zero-order valence-corrected chi connectivity index (χ0v) is 18.7. The van der Waals surface area contributed by atoms with Crippen LogP contribution in [0.25, 0.3) is 11.3 Å². The molecule has 3 N–H and O–H groups in total. The van der Waals surface area contributed by atoms with E-state index in [9.17, 15) is 13.6 Å². The van der Waals surface area contributed by atoms with Crippen molar-refractivity contribution in [3.05, 3.63) is 88.9 Å². The molecule has 34 heavy (non-hydrogen) atoms. The van der Waals surface area contributed by atoms with Crippen molar-refractivity contribution in [1.29, 1.82) is 5.41 Å². The first-order valence-corrected chi connectivity index (χ1v) is 10.5. The summed E-state index contributed by atoms with van der Waals surface area (Å²) in [7, 11) is 1.45. The normalized spacial score (nSPS) is 17.6. The van der Waals surface area contributed by atoms with Crippen LogP contribution >= 0.6 is 0 Å². The highest BCUT2D eigenvalue weighted by Gasteiger charge is 2.38. The quantitative estimate of drug-likeness (QED) is 0.553. The monoisotopic (exact) mass is 463 g/mol. The van der Waals surface area contributed by atoms with Crippen LogP contribution in [0.1, 0.15) is 30.5 Å². The van der Waals surface area contributed by atoms with Gasteiger partial charge in [0.15, 0.2) is 0 Å². The maximum Gasteiger partial charge on any atom is 0.258 e. The number of likely N-dealkylation sites (tertiary alicyclic amines) is 1. The lowest BCUT2D eigenvalue weighted by Crippen LogP contribution is -2.44. The number of hydrogen-bond acceptors (Lipinski definition) is 6. The maximum absolute atomic E-state index is 14.3. The Bertz CT molecular complexity index is 1290. The number of aromatic nitrogens is 2. The molecule has 2 heterocycles. The number of hydrogen-bond donors (Lipinski definition) is 2. The van der Waals surface area contributed by atoms with Gasteiger partial charge in [-0.05, 0) is 42.3 Å². The third-order valence-electron chi connectivity index (χ3n) is 5.68. The Morgan fingerprint density at radius 2 is 1.88 bits per heavy atom. The molecule has 3 aromatic rings. The van der Waals surface area contributed by atoms with E-state index in [1.165, 1.54) is 43.8 Å². The first kappa shape index (κ1) is 23.0. The second-order valence-corrected chi connectivity index (χ2v) is 7.99. The molecule has 0 spiro atoms. The molecule has 4 rings (SSSR count). The van der Waals surface area contributed by atoms with E-state index in [0.29, 0.717) is 22.4 Å². The molecule has 1 saturated heterocycles. The number of methoxy groups -OCH3 is 1. The van der Waals surface area contributed by atoms with E-state index < -0.39 is 17.8 Å². The molecule has 1 aliphatic heterocycles. The summed E-state index contributed by atoms with van der Waals surface area (Å²) in [6.07, 6.45) is 3.08. The van der Waals surface area contributed by atoms with Crippen molar-refractivity contribution >= 4 is 11.6 Å². The molecule has 1 aliphatic rings. The fourth-order valence-corrected chi connectivity index (χ4v) is 4.09. The fourth-order valence-electron chi connectivity index (χ4n) is 4.09. The van der Waals surface area contributed by atoms with Crippen LogP contribution < -0.4 is 10.5 Å². The van der Waals surface area contributed by atoms with Gasteiger partial charge in [0.05, 0.1) is 36.8 Å². The fraction of sp³-hybridized carbons (Fsp3) is 0.200. The summed E-state index contributed by atoms with van der Waals surface area (Å²) in [5.41, 5.74) is 8.51. The van der Waals surface area contributed by atoms with Crippen molar-refractivity contribution in [2.45, 2.75) is 25.9 Å². The van der Waals surface area contributed by atoms with Gasteiger partial charge in [-0.1, -0.05) is 18.2 Å². The molecule has 9 heteroatoms. The number of nitrogens with two attached hydrogens (primary N) is 1. The predicted octanol–water partition coefficient (Wildman–Crippen LogP) is 4.16. The van der Waals surface area contributed by atoms with Crippen LogP contribution in [0.5, 0.6) is 5.88 Å². The minimum atomic E-state index is -0.614. The van der Waals surface area contributed by atoms with Gasteiger partial charge in [-0.3, -0.25) is 9.78 Å². The van der Waals surface area contributed by atoms with E-state index in [0.717, 1.165) is 0 Å². The predicted molar refractivity (Wildman–Crippen MR) is 123 cm³/mol. The second-order valence-electron chi connectivity index (χ2n) is 7.99. The van der Waals surface area contributed by atoms with Crippen LogP contribution in [0.4, 0.5) is 8.78 Å². The average molecular weight is 463 g/mol. The summed E-state index contributed by atoms with van der Waals surface area (Å²) in [6, 6.07) is 9.42. The van der Waals surface area contributed by atoms with Gasteiger partial charge in [-0.25, -0.2) is 13.8 Å². The Hall–Kier alpha value is -4.14. The molecule has 0 aliphatic carbocycles. The molecule has 1 atom stereocenters. The van der Waals surface area contributed by atoms with E-state index in [1.807, 2.05) is 0 Å². The van der Waals surface area contributed by atoms with Crippen molar-refractivity contribution in [2.24, 2.45) is 5.73 Å². The molecule has 2 aromatic carbocycles. The highest BCUT2D eigenvalue weighted by atomic mass is 19.1. The summed E-state index contributed by atoms with van der Waals surface area (Å²) < 4.78 is 32.9. The third-order valence-corrected chi connectivity index (χ3v) is 5.68. The molecule has 1 aromatic heterocycles. The molecule has 1 amide bonds. The van der Waals surface area contributed by atoms with Crippen LogP contribution in [0.3, 0.4) is 0 Å². The van der Waals surface area contributed by atoms with Crippen molar-refractivity contribution in [3.63, 3.8) is 0 Å². The van der Waals surface area contributed by atoms with Crippen molar-refractivity contribution in [3.8, 4) is 17.1 Å². The van der Waals surface area contributed by atoms with Gasteiger partial charge in [0.1, 0.15) is 11.6 Å². The topological polar surface area (TPSA) is 105 Å². The third kappa shape index (κ3) is 4.50. The van der Waals surface area contributed by atoms with E-state index in [-0.39, 0.29) is 41.6 Å². The summed E-state index contributed by atoms with van der Waals surface area (Å²) in [5.74, 6) is -1.03. The SMILES string of the molecule is COc1cncc(-c2cc(F)ccc2[C@H]2CC(=N)/C(=C(/C)N)C(=O)N2Cc2ccc(F)cc2)n1. The largest absolute Gasteiger partial charge is 0.480 e. The van der Waals surface area contributed by atoms with Crippen molar-refractivity contribution in [1.82, 2.24) is 14.9 Å². The second kappa shape index (κ2) is 9.38. The number of piperidine rings is 1. The Labute approximate surface area is 195 Å². The number of ether oxygens (including phenoxy) is 1. The summed E-state index contributed by atoms with van der Waals surface area (Å²) in [6.45, 7) is 1.72. The number of benzene rings is 2. The van der Waals surface area contributed by atoms with E-state index in [4.69, 9.17) is 15.9 Å². The van der Waals surface area contributed by atoms with Gasteiger partial charge >= 0.3 is 0 Å². The summed E-state index contributed by atoms with van der Waals surface area (Å²) >= 11 is 0. The number of carbonyl (C=O) groups is 1. The number of rotatable bonds is 5. The molecule has 0 unspecified atom stereocenters. The molecule has 0 bridgehead atoms. The first-order valence-electron chi connectivity index (χ1n) is 10.5. The molecule has 1 fully saturated rings. The van der Waals surface area contributed by atoms with Gasteiger partial charge in [0, 0.05) is 29.9 Å². The minimum absolute atomic E-state index is 0.0948. The average Bonchev–Trinajstić information content (AvgIpc) is 2.82. The van der Waals surface area contributed by atoms with E-state index in [1.54, 1.807) is 30.0 Å². The van der Waals surface area contributed by atoms with Gasteiger partial charge in [0.2, 0.25) is 5.88 Å². The first-order chi connectivity index (χ1) is 16.3. The Balaban J connectivity index is 1.85.